The fourth-order valence-electron chi connectivity index (χ4n) is 1.77. The van der Waals surface area contributed by atoms with Gasteiger partial charge in [0.05, 0.1) is 11.4 Å². The molecule has 2 aromatic heterocycles. The summed E-state index contributed by atoms with van der Waals surface area (Å²) in [6, 6.07) is 1.49. The molecule has 0 aliphatic heterocycles. The van der Waals surface area contributed by atoms with E-state index in [4.69, 9.17) is 12.2 Å². The van der Waals surface area contributed by atoms with Crippen molar-refractivity contribution in [2.24, 2.45) is 7.05 Å². The van der Waals surface area contributed by atoms with Crippen molar-refractivity contribution in [1.29, 1.82) is 0 Å². The average molecular weight is 236 g/mol. The van der Waals surface area contributed by atoms with E-state index in [0.29, 0.717) is 10.5 Å². The molecular weight excluding hydrogens is 224 g/mol. The van der Waals surface area contributed by atoms with Crippen molar-refractivity contribution >= 4 is 12.2 Å². The van der Waals surface area contributed by atoms with Crippen molar-refractivity contribution in [3.8, 4) is 11.3 Å². The van der Waals surface area contributed by atoms with Crippen LogP contribution in [0, 0.1) is 18.6 Å². The number of nitrogens with zero attached hydrogens (tertiary/aromatic N) is 2. The Bertz CT molecular complexity index is 621. The fourth-order valence-corrected chi connectivity index (χ4v) is 1.98. The second kappa shape index (κ2) is 3.71. The SMILES string of the molecule is Cc1nn(C)c(C)c1-c1cc(=O)[nH]c(=S)[nH]1. The number of nitrogens with one attached hydrogen (secondary N) is 2. The molecule has 0 aliphatic carbocycles. The van der Waals surface area contributed by atoms with E-state index in [1.165, 1.54) is 6.07 Å². The van der Waals surface area contributed by atoms with E-state index in [-0.39, 0.29) is 5.56 Å². The van der Waals surface area contributed by atoms with E-state index in [2.05, 4.69) is 15.1 Å². The summed E-state index contributed by atoms with van der Waals surface area (Å²) in [7, 11) is 1.87. The van der Waals surface area contributed by atoms with E-state index in [1.807, 2.05) is 20.9 Å². The molecule has 0 atom stereocenters. The third-order valence-electron chi connectivity index (χ3n) is 2.54. The largest absolute Gasteiger partial charge is 0.332 e. The predicted molar refractivity (Wildman–Crippen MR) is 63.9 cm³/mol. The van der Waals surface area contributed by atoms with Crippen LogP contribution in [-0.2, 0) is 7.05 Å². The van der Waals surface area contributed by atoms with Gasteiger partial charge in [0.25, 0.3) is 5.56 Å². The van der Waals surface area contributed by atoms with Gasteiger partial charge in [-0.15, -0.1) is 0 Å². The number of H-pyrrole nitrogens is 2. The van der Waals surface area contributed by atoms with Gasteiger partial charge in [0, 0.05) is 24.4 Å². The Kier molecular flexibility index (Phi) is 2.51. The number of hydrogen-bond acceptors (Lipinski definition) is 3. The molecule has 0 spiro atoms. The van der Waals surface area contributed by atoms with E-state index in [9.17, 15) is 4.79 Å². The summed E-state index contributed by atoms with van der Waals surface area (Å²) < 4.78 is 2.10. The highest BCUT2D eigenvalue weighted by Gasteiger charge is 2.12. The Morgan fingerprint density at radius 2 is 2.06 bits per heavy atom. The van der Waals surface area contributed by atoms with Gasteiger partial charge in [-0.2, -0.15) is 5.10 Å². The van der Waals surface area contributed by atoms with Gasteiger partial charge < -0.3 is 4.98 Å². The molecule has 0 unspecified atom stereocenters. The fraction of sp³-hybridized carbons (Fsp3) is 0.300. The zero-order valence-corrected chi connectivity index (χ0v) is 10.1. The lowest BCUT2D eigenvalue weighted by Gasteiger charge is -2.01. The maximum Gasteiger partial charge on any atom is 0.252 e. The van der Waals surface area contributed by atoms with Crippen molar-refractivity contribution in [2.75, 3.05) is 0 Å². The van der Waals surface area contributed by atoms with Gasteiger partial charge in [-0.05, 0) is 26.1 Å². The molecule has 16 heavy (non-hydrogen) atoms. The molecule has 0 radical (unpaired) electrons. The number of aromatic amines is 2. The molecule has 0 aliphatic rings. The lowest BCUT2D eigenvalue weighted by Crippen LogP contribution is -2.06. The summed E-state index contributed by atoms with van der Waals surface area (Å²) in [5, 5.41) is 4.30. The quantitative estimate of drug-likeness (QED) is 0.736. The highest BCUT2D eigenvalue weighted by molar-refractivity contribution is 7.71. The lowest BCUT2D eigenvalue weighted by molar-refractivity contribution is 0.731. The van der Waals surface area contributed by atoms with Crippen molar-refractivity contribution in [1.82, 2.24) is 19.7 Å². The standard InChI is InChI=1S/C10H12N4OS/c1-5-9(6(2)14(3)13-5)7-4-8(15)12-10(16)11-7/h4H,1-3H3,(H2,11,12,15,16). The maximum absolute atomic E-state index is 11.3. The summed E-state index contributed by atoms with van der Waals surface area (Å²) in [4.78, 5) is 16.8. The topological polar surface area (TPSA) is 66.5 Å². The molecule has 84 valence electrons. The highest BCUT2D eigenvalue weighted by atomic mass is 32.1. The number of hydrogen-bond donors (Lipinski definition) is 2. The Morgan fingerprint density at radius 1 is 1.38 bits per heavy atom. The van der Waals surface area contributed by atoms with Crippen LogP contribution < -0.4 is 5.56 Å². The van der Waals surface area contributed by atoms with Crippen LogP contribution in [0.5, 0.6) is 0 Å². The minimum atomic E-state index is -0.207. The summed E-state index contributed by atoms with van der Waals surface area (Å²) in [6.45, 7) is 3.85. The summed E-state index contributed by atoms with van der Waals surface area (Å²) in [5.74, 6) is 0. The van der Waals surface area contributed by atoms with E-state index >= 15 is 0 Å². The molecule has 5 nitrogen and oxygen atoms in total. The Hall–Kier alpha value is -1.69. The van der Waals surface area contributed by atoms with Crippen molar-refractivity contribution in [3.63, 3.8) is 0 Å². The third-order valence-corrected chi connectivity index (χ3v) is 2.74. The van der Waals surface area contributed by atoms with Crippen LogP contribution in [0.2, 0.25) is 0 Å². The van der Waals surface area contributed by atoms with Gasteiger partial charge in [-0.25, -0.2) is 0 Å². The van der Waals surface area contributed by atoms with Crippen molar-refractivity contribution in [2.45, 2.75) is 13.8 Å². The molecule has 0 fully saturated rings. The molecule has 0 saturated heterocycles. The van der Waals surface area contributed by atoms with E-state index < -0.39 is 0 Å². The molecule has 0 bridgehead atoms. The van der Waals surface area contributed by atoms with Crippen LogP contribution in [0.25, 0.3) is 11.3 Å². The number of aromatic nitrogens is 4. The number of aryl methyl sites for hydroxylation is 2. The van der Waals surface area contributed by atoms with Gasteiger partial charge >= 0.3 is 0 Å². The van der Waals surface area contributed by atoms with Crippen LogP contribution in [0.15, 0.2) is 10.9 Å². The van der Waals surface area contributed by atoms with Crippen LogP contribution in [-0.4, -0.2) is 19.7 Å². The minimum absolute atomic E-state index is 0.207. The minimum Gasteiger partial charge on any atom is -0.332 e. The highest BCUT2D eigenvalue weighted by Crippen LogP contribution is 2.23. The van der Waals surface area contributed by atoms with Crippen molar-refractivity contribution < 1.29 is 0 Å². The Balaban J connectivity index is 2.76. The van der Waals surface area contributed by atoms with Crippen LogP contribution >= 0.6 is 12.2 Å². The zero-order chi connectivity index (χ0) is 11.9. The Labute approximate surface area is 97.2 Å². The molecule has 2 N–H and O–H groups in total. The number of rotatable bonds is 1. The zero-order valence-electron chi connectivity index (χ0n) is 9.29. The van der Waals surface area contributed by atoms with Gasteiger partial charge in [-0.1, -0.05) is 0 Å². The molecule has 2 rings (SSSR count). The first kappa shape index (κ1) is 10.8. The summed E-state index contributed by atoms with van der Waals surface area (Å²) >= 11 is 4.94. The van der Waals surface area contributed by atoms with E-state index in [1.54, 1.807) is 4.68 Å². The summed E-state index contributed by atoms with van der Waals surface area (Å²) in [6.07, 6.45) is 0. The molecule has 0 aromatic carbocycles. The molecule has 6 heteroatoms. The first-order chi connectivity index (χ1) is 7.49. The summed E-state index contributed by atoms with van der Waals surface area (Å²) in [5.41, 5.74) is 3.29. The van der Waals surface area contributed by atoms with Crippen molar-refractivity contribution in [3.05, 3.63) is 32.6 Å². The normalized spacial score (nSPS) is 10.7. The van der Waals surface area contributed by atoms with Crippen LogP contribution in [0.3, 0.4) is 0 Å². The first-order valence-electron chi connectivity index (χ1n) is 4.83. The van der Waals surface area contributed by atoms with Gasteiger partial charge in [-0.3, -0.25) is 14.5 Å². The molecule has 2 heterocycles. The van der Waals surface area contributed by atoms with Crippen LogP contribution in [0.4, 0.5) is 0 Å². The van der Waals surface area contributed by atoms with Gasteiger partial charge in [0.2, 0.25) is 0 Å². The molecule has 2 aromatic rings. The lowest BCUT2D eigenvalue weighted by atomic mass is 10.1. The maximum atomic E-state index is 11.3. The third kappa shape index (κ3) is 1.71. The smallest absolute Gasteiger partial charge is 0.252 e. The first-order valence-corrected chi connectivity index (χ1v) is 5.24. The monoisotopic (exact) mass is 236 g/mol. The van der Waals surface area contributed by atoms with Gasteiger partial charge in [0.1, 0.15) is 0 Å². The van der Waals surface area contributed by atoms with Gasteiger partial charge in [0.15, 0.2) is 4.77 Å². The Morgan fingerprint density at radius 3 is 2.56 bits per heavy atom. The molecule has 0 amide bonds. The molecule has 0 saturated carbocycles. The van der Waals surface area contributed by atoms with E-state index in [0.717, 1.165) is 17.0 Å². The second-order valence-corrected chi connectivity index (χ2v) is 4.08. The molecular formula is C10H12N4OS. The second-order valence-electron chi connectivity index (χ2n) is 3.67. The average Bonchev–Trinajstić information content (AvgIpc) is 2.39. The predicted octanol–water partition coefficient (Wildman–Crippen LogP) is 1.45. The van der Waals surface area contributed by atoms with Crippen LogP contribution in [0.1, 0.15) is 11.4 Å².